The van der Waals surface area contributed by atoms with Gasteiger partial charge in [0.2, 0.25) is 0 Å². The molecule has 102 valence electrons. The second kappa shape index (κ2) is 6.80. The fourth-order valence-corrected chi connectivity index (χ4v) is 1.95. The van der Waals surface area contributed by atoms with Crippen LogP contribution in [0.4, 0.5) is 0 Å². The van der Waals surface area contributed by atoms with Gasteiger partial charge in [-0.15, -0.1) is 0 Å². The summed E-state index contributed by atoms with van der Waals surface area (Å²) in [6.07, 6.45) is 2.88. The molecule has 0 saturated heterocycles. The number of halogens is 3. The van der Waals surface area contributed by atoms with E-state index in [4.69, 9.17) is 39.5 Å². The van der Waals surface area contributed by atoms with Gasteiger partial charge in [0, 0.05) is 17.2 Å². The number of rotatable bonds is 3. The number of hydrogen-bond donors (Lipinski definition) is 0. The van der Waals surface area contributed by atoms with Crippen molar-refractivity contribution >= 4 is 46.8 Å². The second-order valence-corrected chi connectivity index (χ2v) is 5.07. The maximum absolute atomic E-state index is 11.7. The SMILES string of the molecule is O=C(/C=C/c1ccccc1Cl)Oc1ccc(Cl)c(Cl)c1. The van der Waals surface area contributed by atoms with Crippen molar-refractivity contribution in [1.29, 1.82) is 0 Å². The number of carbonyl (C=O) groups is 1. The van der Waals surface area contributed by atoms with Gasteiger partial charge in [-0.2, -0.15) is 0 Å². The highest BCUT2D eigenvalue weighted by Crippen LogP contribution is 2.26. The van der Waals surface area contributed by atoms with Crippen LogP contribution in [0.3, 0.4) is 0 Å². The van der Waals surface area contributed by atoms with E-state index in [9.17, 15) is 4.79 Å². The lowest BCUT2D eigenvalue weighted by Crippen LogP contribution is -2.03. The van der Waals surface area contributed by atoms with Crippen molar-refractivity contribution in [2.75, 3.05) is 0 Å². The van der Waals surface area contributed by atoms with Crippen molar-refractivity contribution in [3.05, 3.63) is 69.2 Å². The maximum atomic E-state index is 11.7. The Morgan fingerprint density at radius 3 is 2.40 bits per heavy atom. The Morgan fingerprint density at radius 2 is 1.70 bits per heavy atom. The molecule has 2 rings (SSSR count). The Labute approximate surface area is 131 Å². The van der Waals surface area contributed by atoms with Crippen LogP contribution in [0.2, 0.25) is 15.1 Å². The minimum Gasteiger partial charge on any atom is -0.423 e. The van der Waals surface area contributed by atoms with Crippen LogP contribution in [0.5, 0.6) is 5.75 Å². The van der Waals surface area contributed by atoms with Crippen LogP contribution in [-0.2, 0) is 4.79 Å². The lowest BCUT2D eigenvalue weighted by Gasteiger charge is -2.02. The van der Waals surface area contributed by atoms with Gasteiger partial charge in [0.1, 0.15) is 5.75 Å². The molecule has 2 aromatic carbocycles. The molecule has 0 heterocycles. The first kappa shape index (κ1) is 14.9. The van der Waals surface area contributed by atoms with E-state index in [0.717, 1.165) is 5.56 Å². The van der Waals surface area contributed by atoms with Crippen molar-refractivity contribution in [3.8, 4) is 5.75 Å². The predicted molar refractivity (Wildman–Crippen MR) is 82.6 cm³/mol. The van der Waals surface area contributed by atoms with Crippen LogP contribution in [0.25, 0.3) is 6.08 Å². The van der Waals surface area contributed by atoms with E-state index in [0.29, 0.717) is 20.8 Å². The van der Waals surface area contributed by atoms with Crippen molar-refractivity contribution in [3.63, 3.8) is 0 Å². The van der Waals surface area contributed by atoms with E-state index in [1.54, 1.807) is 30.3 Å². The lowest BCUT2D eigenvalue weighted by atomic mass is 10.2. The minimum atomic E-state index is -0.525. The molecule has 0 bridgehead atoms. The number of carbonyl (C=O) groups excluding carboxylic acids is 1. The quantitative estimate of drug-likeness (QED) is 0.436. The summed E-state index contributed by atoms with van der Waals surface area (Å²) in [5.41, 5.74) is 0.736. The highest BCUT2D eigenvalue weighted by molar-refractivity contribution is 6.42. The van der Waals surface area contributed by atoms with Crippen LogP contribution >= 0.6 is 34.8 Å². The third-order valence-corrected chi connectivity index (χ3v) is 3.50. The van der Waals surface area contributed by atoms with E-state index >= 15 is 0 Å². The zero-order valence-electron chi connectivity index (χ0n) is 10.1. The Hall–Kier alpha value is -1.48. The molecule has 0 aliphatic heterocycles. The predicted octanol–water partition coefficient (Wildman–Crippen LogP) is 5.27. The molecule has 0 spiro atoms. The Balaban J connectivity index is 2.06. The molecule has 0 atom stereocenters. The molecule has 20 heavy (non-hydrogen) atoms. The molecular weight excluding hydrogens is 319 g/mol. The summed E-state index contributed by atoms with van der Waals surface area (Å²) in [7, 11) is 0. The first-order valence-electron chi connectivity index (χ1n) is 5.66. The lowest BCUT2D eigenvalue weighted by molar-refractivity contribution is -0.128. The van der Waals surface area contributed by atoms with Crippen molar-refractivity contribution in [2.45, 2.75) is 0 Å². The second-order valence-electron chi connectivity index (χ2n) is 3.85. The van der Waals surface area contributed by atoms with E-state index in [1.807, 2.05) is 12.1 Å². The first-order valence-corrected chi connectivity index (χ1v) is 6.79. The van der Waals surface area contributed by atoms with Gasteiger partial charge < -0.3 is 4.74 Å². The molecule has 0 aromatic heterocycles. The molecule has 0 fully saturated rings. The van der Waals surface area contributed by atoms with Crippen LogP contribution in [0, 0.1) is 0 Å². The summed E-state index contributed by atoms with van der Waals surface area (Å²) < 4.78 is 5.10. The standard InChI is InChI=1S/C15H9Cl3O2/c16-12-4-2-1-3-10(12)5-8-15(19)20-11-6-7-13(17)14(18)9-11/h1-9H/b8-5+. The van der Waals surface area contributed by atoms with Gasteiger partial charge in [0.25, 0.3) is 0 Å². The van der Waals surface area contributed by atoms with Gasteiger partial charge in [0.15, 0.2) is 0 Å². The molecule has 0 radical (unpaired) electrons. The minimum absolute atomic E-state index is 0.326. The van der Waals surface area contributed by atoms with Crippen molar-refractivity contribution in [1.82, 2.24) is 0 Å². The summed E-state index contributed by atoms with van der Waals surface area (Å²) >= 11 is 17.6. The third kappa shape index (κ3) is 4.01. The molecule has 2 aromatic rings. The van der Waals surface area contributed by atoms with Gasteiger partial charge in [-0.3, -0.25) is 0 Å². The summed E-state index contributed by atoms with van der Waals surface area (Å²) in [4.78, 5) is 11.7. The largest absolute Gasteiger partial charge is 0.423 e. The zero-order chi connectivity index (χ0) is 14.5. The Bertz CT molecular complexity index is 666. The normalized spacial score (nSPS) is 10.8. The smallest absolute Gasteiger partial charge is 0.336 e. The summed E-state index contributed by atoms with van der Waals surface area (Å²) in [6.45, 7) is 0. The number of hydrogen-bond acceptors (Lipinski definition) is 2. The maximum Gasteiger partial charge on any atom is 0.336 e. The van der Waals surface area contributed by atoms with Crippen molar-refractivity contribution < 1.29 is 9.53 Å². The average Bonchev–Trinajstić information content (AvgIpc) is 2.42. The Morgan fingerprint density at radius 1 is 0.950 bits per heavy atom. The highest BCUT2D eigenvalue weighted by Gasteiger charge is 2.04. The Kier molecular flexibility index (Phi) is 5.07. The molecule has 0 unspecified atom stereocenters. The fraction of sp³-hybridized carbons (Fsp3) is 0. The molecule has 0 aliphatic carbocycles. The van der Waals surface area contributed by atoms with Crippen LogP contribution in [-0.4, -0.2) is 5.97 Å². The molecular formula is C15H9Cl3O2. The molecule has 5 heteroatoms. The van der Waals surface area contributed by atoms with Crippen LogP contribution < -0.4 is 4.74 Å². The average molecular weight is 328 g/mol. The number of esters is 1. The fourth-order valence-electron chi connectivity index (χ4n) is 1.46. The summed E-state index contributed by atoms with van der Waals surface area (Å²) in [5.74, 6) is -0.198. The van der Waals surface area contributed by atoms with Crippen molar-refractivity contribution in [2.24, 2.45) is 0 Å². The topological polar surface area (TPSA) is 26.3 Å². The number of benzene rings is 2. The zero-order valence-corrected chi connectivity index (χ0v) is 12.4. The van der Waals surface area contributed by atoms with E-state index in [1.165, 1.54) is 12.1 Å². The van der Waals surface area contributed by atoms with Gasteiger partial charge in [0.05, 0.1) is 10.0 Å². The molecule has 0 saturated carbocycles. The monoisotopic (exact) mass is 326 g/mol. The number of ether oxygens (including phenoxy) is 1. The van der Waals surface area contributed by atoms with E-state index in [2.05, 4.69) is 0 Å². The summed E-state index contributed by atoms with van der Waals surface area (Å²) in [6, 6.07) is 11.8. The third-order valence-electron chi connectivity index (χ3n) is 2.41. The van der Waals surface area contributed by atoms with Gasteiger partial charge in [-0.05, 0) is 29.8 Å². The van der Waals surface area contributed by atoms with Crippen LogP contribution in [0.15, 0.2) is 48.5 Å². The van der Waals surface area contributed by atoms with Gasteiger partial charge in [-0.25, -0.2) is 4.79 Å². The highest BCUT2D eigenvalue weighted by atomic mass is 35.5. The summed E-state index contributed by atoms with van der Waals surface area (Å²) in [5, 5.41) is 1.29. The molecule has 0 amide bonds. The molecule has 2 nitrogen and oxygen atoms in total. The van der Waals surface area contributed by atoms with Gasteiger partial charge >= 0.3 is 5.97 Å². The molecule has 0 aliphatic rings. The molecule has 0 N–H and O–H groups in total. The van der Waals surface area contributed by atoms with Crippen LogP contribution in [0.1, 0.15) is 5.56 Å². The first-order chi connectivity index (χ1) is 9.56. The van der Waals surface area contributed by atoms with E-state index < -0.39 is 5.97 Å². The van der Waals surface area contributed by atoms with Gasteiger partial charge in [-0.1, -0.05) is 53.0 Å². The van der Waals surface area contributed by atoms with E-state index in [-0.39, 0.29) is 0 Å².